The van der Waals surface area contributed by atoms with Crippen LogP contribution in [0.25, 0.3) is 0 Å². The van der Waals surface area contributed by atoms with Crippen LogP contribution in [-0.2, 0) is 6.54 Å². The van der Waals surface area contributed by atoms with Crippen LogP contribution in [-0.4, -0.2) is 11.0 Å². The smallest absolute Gasteiger partial charge is 0.100 e. The Labute approximate surface area is 123 Å². The van der Waals surface area contributed by atoms with E-state index in [0.29, 0.717) is 6.04 Å². The number of hydrogen-bond acceptors (Lipinski definition) is 4. The van der Waals surface area contributed by atoms with Crippen LogP contribution in [0.15, 0.2) is 52.5 Å². The van der Waals surface area contributed by atoms with E-state index in [1.54, 1.807) is 24.2 Å². The zero-order chi connectivity index (χ0) is 13.8. The minimum absolute atomic E-state index is 0.686. The maximum absolute atomic E-state index is 9.31. The van der Waals surface area contributed by atoms with Gasteiger partial charge in [0.1, 0.15) is 6.07 Å². The zero-order valence-corrected chi connectivity index (χ0v) is 11.9. The lowest BCUT2D eigenvalue weighted by molar-refractivity contribution is 0.687. The molecular weight excluding hydrogens is 266 g/mol. The molecule has 1 aromatic heterocycles. The van der Waals surface area contributed by atoms with E-state index in [-0.39, 0.29) is 0 Å². The van der Waals surface area contributed by atoms with E-state index in [4.69, 9.17) is 0 Å². The Balaban J connectivity index is 1.75. The van der Waals surface area contributed by atoms with Gasteiger partial charge in [-0.3, -0.25) is 4.98 Å². The second-order valence-corrected chi connectivity index (χ2v) is 6.00. The summed E-state index contributed by atoms with van der Waals surface area (Å²) in [4.78, 5) is 6.10. The van der Waals surface area contributed by atoms with Crippen LogP contribution < -0.4 is 5.32 Å². The van der Waals surface area contributed by atoms with Crippen molar-refractivity contribution in [3.8, 4) is 6.07 Å². The van der Waals surface area contributed by atoms with Crippen molar-refractivity contribution in [2.45, 2.75) is 35.2 Å². The van der Waals surface area contributed by atoms with Crippen LogP contribution in [0.3, 0.4) is 0 Å². The van der Waals surface area contributed by atoms with Crippen LogP contribution >= 0.6 is 11.8 Å². The number of nitrogens with zero attached hydrogens (tertiary/aromatic N) is 2. The molecule has 1 fully saturated rings. The minimum atomic E-state index is 0.686. The highest BCUT2D eigenvalue weighted by molar-refractivity contribution is 7.99. The number of aromatic nitrogens is 1. The summed E-state index contributed by atoms with van der Waals surface area (Å²) in [5.41, 5.74) is 1.91. The van der Waals surface area contributed by atoms with Gasteiger partial charge in [0.25, 0.3) is 0 Å². The van der Waals surface area contributed by atoms with E-state index in [9.17, 15) is 5.26 Å². The first-order chi connectivity index (χ1) is 9.85. The Hall–Kier alpha value is -1.83. The molecule has 1 heterocycles. The van der Waals surface area contributed by atoms with Gasteiger partial charge in [-0.05, 0) is 42.7 Å². The summed E-state index contributed by atoms with van der Waals surface area (Å²) < 4.78 is 0. The largest absolute Gasteiger partial charge is 0.310 e. The summed E-state index contributed by atoms with van der Waals surface area (Å²) in [5.74, 6) is 0. The number of pyridine rings is 1. The molecule has 1 saturated carbocycles. The standard InChI is InChI=1S/C16H15N3S/c17-10-13-9-12(11-19-14-2-3-14)1-4-16(13)20-15-5-7-18-8-6-15/h1,4-9,14,19H,2-3,11H2. The summed E-state index contributed by atoms with van der Waals surface area (Å²) in [6, 6.07) is 13.0. The summed E-state index contributed by atoms with van der Waals surface area (Å²) in [7, 11) is 0. The molecule has 1 aliphatic rings. The van der Waals surface area contributed by atoms with Gasteiger partial charge in [-0.1, -0.05) is 17.8 Å². The quantitative estimate of drug-likeness (QED) is 0.913. The molecule has 0 radical (unpaired) electrons. The average Bonchev–Trinajstić information content (AvgIpc) is 3.31. The molecule has 3 rings (SSSR count). The molecule has 0 bridgehead atoms. The molecule has 0 aliphatic heterocycles. The van der Waals surface area contributed by atoms with Crippen molar-refractivity contribution in [1.29, 1.82) is 5.26 Å². The predicted octanol–water partition coefficient (Wildman–Crippen LogP) is 3.36. The van der Waals surface area contributed by atoms with E-state index >= 15 is 0 Å². The van der Waals surface area contributed by atoms with Gasteiger partial charge in [0.15, 0.2) is 0 Å². The molecule has 1 aromatic carbocycles. The van der Waals surface area contributed by atoms with Crippen molar-refractivity contribution < 1.29 is 0 Å². The zero-order valence-electron chi connectivity index (χ0n) is 11.0. The van der Waals surface area contributed by atoms with Gasteiger partial charge in [-0.25, -0.2) is 0 Å². The SMILES string of the molecule is N#Cc1cc(CNC2CC2)ccc1Sc1ccncc1. The third-order valence-corrected chi connectivity index (χ3v) is 4.30. The summed E-state index contributed by atoms with van der Waals surface area (Å²) in [5, 5.41) is 12.8. The summed E-state index contributed by atoms with van der Waals surface area (Å²) in [6.45, 7) is 0.847. The Morgan fingerprint density at radius 1 is 1.25 bits per heavy atom. The molecule has 2 aromatic rings. The van der Waals surface area contributed by atoms with Gasteiger partial charge < -0.3 is 5.32 Å². The lowest BCUT2D eigenvalue weighted by Gasteiger charge is -2.07. The first-order valence-electron chi connectivity index (χ1n) is 6.69. The summed E-state index contributed by atoms with van der Waals surface area (Å²) in [6.07, 6.45) is 6.09. The monoisotopic (exact) mass is 281 g/mol. The highest BCUT2D eigenvalue weighted by Crippen LogP contribution is 2.30. The van der Waals surface area contributed by atoms with Crippen LogP contribution in [0.4, 0.5) is 0 Å². The number of rotatable bonds is 5. The van der Waals surface area contributed by atoms with Crippen LogP contribution in [0, 0.1) is 11.3 Å². The second-order valence-electron chi connectivity index (χ2n) is 4.88. The van der Waals surface area contributed by atoms with E-state index in [2.05, 4.69) is 22.4 Å². The molecule has 1 N–H and O–H groups in total. The molecule has 0 spiro atoms. The molecule has 0 amide bonds. The lowest BCUT2D eigenvalue weighted by atomic mass is 10.1. The van der Waals surface area contributed by atoms with Crippen molar-refractivity contribution in [3.05, 3.63) is 53.9 Å². The van der Waals surface area contributed by atoms with Crippen molar-refractivity contribution in [3.63, 3.8) is 0 Å². The number of hydrogen-bond donors (Lipinski definition) is 1. The highest BCUT2D eigenvalue weighted by Gasteiger charge is 2.20. The van der Waals surface area contributed by atoms with E-state index < -0.39 is 0 Å². The highest BCUT2D eigenvalue weighted by atomic mass is 32.2. The average molecular weight is 281 g/mol. The lowest BCUT2D eigenvalue weighted by Crippen LogP contribution is -2.15. The first kappa shape index (κ1) is 13.2. The molecule has 100 valence electrons. The van der Waals surface area contributed by atoms with Crippen LogP contribution in [0.5, 0.6) is 0 Å². The molecule has 4 heteroatoms. The fraction of sp³-hybridized carbons (Fsp3) is 0.250. The van der Waals surface area contributed by atoms with Crippen molar-refractivity contribution in [2.24, 2.45) is 0 Å². The van der Waals surface area contributed by atoms with Crippen LogP contribution in [0.1, 0.15) is 24.0 Å². The molecule has 0 saturated heterocycles. The van der Waals surface area contributed by atoms with Gasteiger partial charge in [-0.15, -0.1) is 0 Å². The van der Waals surface area contributed by atoms with Gasteiger partial charge in [-0.2, -0.15) is 5.26 Å². The molecule has 20 heavy (non-hydrogen) atoms. The van der Waals surface area contributed by atoms with Crippen molar-refractivity contribution >= 4 is 11.8 Å². The Morgan fingerprint density at radius 2 is 2.05 bits per heavy atom. The van der Waals surface area contributed by atoms with Gasteiger partial charge in [0.2, 0.25) is 0 Å². The topological polar surface area (TPSA) is 48.7 Å². The normalized spacial score (nSPS) is 13.9. The third kappa shape index (κ3) is 3.38. The summed E-state index contributed by atoms with van der Waals surface area (Å²) >= 11 is 1.60. The van der Waals surface area contributed by atoms with E-state index in [0.717, 1.165) is 21.9 Å². The molecule has 0 unspecified atom stereocenters. The molecule has 0 atom stereocenters. The molecule has 1 aliphatic carbocycles. The number of nitriles is 1. The number of benzene rings is 1. The van der Waals surface area contributed by atoms with Gasteiger partial charge in [0, 0.05) is 34.8 Å². The minimum Gasteiger partial charge on any atom is -0.310 e. The third-order valence-electron chi connectivity index (χ3n) is 3.21. The predicted molar refractivity (Wildman–Crippen MR) is 79.4 cm³/mol. The van der Waals surface area contributed by atoms with E-state index in [1.807, 2.05) is 24.3 Å². The van der Waals surface area contributed by atoms with Crippen molar-refractivity contribution in [1.82, 2.24) is 10.3 Å². The van der Waals surface area contributed by atoms with Gasteiger partial charge in [0.05, 0.1) is 5.56 Å². The maximum Gasteiger partial charge on any atom is 0.100 e. The fourth-order valence-corrected chi connectivity index (χ4v) is 2.81. The fourth-order valence-electron chi connectivity index (χ4n) is 1.95. The first-order valence-corrected chi connectivity index (χ1v) is 7.51. The Kier molecular flexibility index (Phi) is 4.00. The number of nitrogens with one attached hydrogen (secondary N) is 1. The van der Waals surface area contributed by atoms with Crippen LogP contribution in [0.2, 0.25) is 0 Å². The maximum atomic E-state index is 9.31. The van der Waals surface area contributed by atoms with Crippen molar-refractivity contribution in [2.75, 3.05) is 0 Å². The van der Waals surface area contributed by atoms with E-state index in [1.165, 1.54) is 18.4 Å². The molecular formula is C16H15N3S. The molecule has 3 nitrogen and oxygen atoms in total. The second kappa shape index (κ2) is 6.08. The van der Waals surface area contributed by atoms with Gasteiger partial charge >= 0.3 is 0 Å². The Morgan fingerprint density at radius 3 is 2.75 bits per heavy atom. The Bertz CT molecular complexity index is 630.